The van der Waals surface area contributed by atoms with Gasteiger partial charge in [-0.05, 0) is 46.2 Å². The Morgan fingerprint density at radius 1 is 1.26 bits per heavy atom. The molecule has 2 aromatic heterocycles. The number of aromatic nitrogens is 2. The molecule has 1 aliphatic heterocycles. The molecule has 1 saturated heterocycles. The van der Waals surface area contributed by atoms with Gasteiger partial charge in [0, 0.05) is 24.4 Å². The average molecular weight is 526 g/mol. The topological polar surface area (TPSA) is 121 Å². The molecule has 0 bridgehead atoms. The highest BCUT2D eigenvalue weighted by atomic mass is 35.5. The lowest BCUT2D eigenvalue weighted by Gasteiger charge is -2.39. The van der Waals surface area contributed by atoms with Crippen LogP contribution in [-0.2, 0) is 19.0 Å². The van der Waals surface area contributed by atoms with Crippen molar-refractivity contribution in [1.29, 1.82) is 0 Å². The van der Waals surface area contributed by atoms with E-state index in [2.05, 4.69) is 5.16 Å². The van der Waals surface area contributed by atoms with E-state index in [9.17, 15) is 18.0 Å². The minimum Gasteiger partial charge on any atom is -0.444 e. The molecule has 1 aliphatic rings. The third kappa shape index (κ3) is 5.31. The van der Waals surface area contributed by atoms with Crippen LogP contribution in [-0.4, -0.2) is 60.7 Å². The van der Waals surface area contributed by atoms with Crippen LogP contribution in [0.3, 0.4) is 0 Å². The van der Waals surface area contributed by atoms with Crippen LogP contribution in [0.15, 0.2) is 27.5 Å². The first-order chi connectivity index (χ1) is 16.2. The van der Waals surface area contributed by atoms with E-state index in [4.69, 9.17) is 25.0 Å². The van der Waals surface area contributed by atoms with Crippen LogP contribution in [0.4, 0.5) is 4.79 Å². The summed E-state index contributed by atoms with van der Waals surface area (Å²) >= 11 is 6.52. The first-order valence-corrected chi connectivity index (χ1v) is 13.4. The lowest BCUT2D eigenvalue weighted by Crippen LogP contribution is -2.49. The SMILES string of the molecule is Cc1onc2c1c(=O)n(C1CC(COS(C)(=O)=O)CN(C(=O)OC(C)(C)C)C1)c1cccc(Cl)c21. The Bertz CT molecular complexity index is 1460. The Balaban J connectivity index is 1.84. The molecule has 10 nitrogen and oxygen atoms in total. The Hall–Kier alpha value is -2.63. The van der Waals surface area contributed by atoms with Gasteiger partial charge < -0.3 is 18.7 Å². The van der Waals surface area contributed by atoms with E-state index in [-0.39, 0.29) is 31.2 Å². The lowest BCUT2D eigenvalue weighted by molar-refractivity contribution is 0.00748. The second-order valence-corrected chi connectivity index (χ2v) is 12.0. The van der Waals surface area contributed by atoms with Gasteiger partial charge in [0.05, 0.1) is 29.4 Å². The van der Waals surface area contributed by atoms with Crippen molar-refractivity contribution in [2.24, 2.45) is 5.92 Å². The van der Waals surface area contributed by atoms with Crippen molar-refractivity contribution in [1.82, 2.24) is 14.6 Å². The van der Waals surface area contributed by atoms with Crippen LogP contribution in [0.5, 0.6) is 0 Å². The number of carbonyl (C=O) groups is 1. The Kier molecular flexibility index (Phi) is 6.62. The summed E-state index contributed by atoms with van der Waals surface area (Å²) in [5.74, 6) is -0.00580. The summed E-state index contributed by atoms with van der Waals surface area (Å²) < 4.78 is 40.8. The Morgan fingerprint density at radius 2 is 1.97 bits per heavy atom. The van der Waals surface area contributed by atoms with Crippen molar-refractivity contribution in [2.75, 3.05) is 26.0 Å². The Labute approximate surface area is 207 Å². The maximum Gasteiger partial charge on any atom is 0.410 e. The van der Waals surface area contributed by atoms with Gasteiger partial charge in [-0.25, -0.2) is 4.79 Å². The molecule has 3 aromatic rings. The average Bonchev–Trinajstić information content (AvgIpc) is 3.12. The van der Waals surface area contributed by atoms with E-state index in [1.807, 2.05) is 0 Å². The molecule has 4 rings (SSSR count). The monoisotopic (exact) mass is 525 g/mol. The number of nitrogens with zero attached hydrogens (tertiary/aromatic N) is 3. The van der Waals surface area contributed by atoms with Gasteiger partial charge in [-0.1, -0.05) is 22.8 Å². The van der Waals surface area contributed by atoms with E-state index in [0.717, 1.165) is 6.26 Å². The van der Waals surface area contributed by atoms with Gasteiger partial charge in [0.2, 0.25) is 0 Å². The van der Waals surface area contributed by atoms with Crippen LogP contribution < -0.4 is 5.56 Å². The minimum absolute atomic E-state index is 0.128. The normalized spacial score (nSPS) is 19.4. The van der Waals surface area contributed by atoms with Crippen molar-refractivity contribution < 1.29 is 26.7 Å². The Morgan fingerprint density at radius 3 is 2.63 bits per heavy atom. The van der Waals surface area contributed by atoms with E-state index >= 15 is 0 Å². The highest BCUT2D eigenvalue weighted by Gasteiger charge is 2.36. The standard InChI is InChI=1S/C23H28ClN3O7S/c1-13-18-20(25-34-13)19-16(24)7-6-8-17(19)27(21(18)28)15-9-14(12-32-35(5,30)31)10-26(11-15)22(29)33-23(2,3)4/h6-8,14-15H,9-12H2,1-5H3. The number of likely N-dealkylation sites (tertiary alicyclic amines) is 1. The number of halogens is 1. The number of pyridine rings is 1. The number of hydrogen-bond donors (Lipinski definition) is 0. The predicted octanol–water partition coefficient (Wildman–Crippen LogP) is 3.88. The molecule has 0 aliphatic carbocycles. The van der Waals surface area contributed by atoms with Gasteiger partial charge in [-0.15, -0.1) is 0 Å². The van der Waals surface area contributed by atoms with Gasteiger partial charge in [0.15, 0.2) is 0 Å². The molecule has 3 heterocycles. The number of aryl methyl sites for hydroxylation is 1. The molecule has 0 saturated carbocycles. The molecular formula is C23H28ClN3O7S. The fourth-order valence-corrected chi connectivity index (χ4v) is 5.21. The second kappa shape index (κ2) is 9.11. The fraction of sp³-hybridized carbons (Fsp3) is 0.522. The zero-order valence-corrected chi connectivity index (χ0v) is 21.8. The van der Waals surface area contributed by atoms with Crippen molar-refractivity contribution in [3.63, 3.8) is 0 Å². The second-order valence-electron chi connectivity index (χ2n) is 9.90. The summed E-state index contributed by atoms with van der Waals surface area (Å²) in [4.78, 5) is 28.2. The quantitative estimate of drug-likeness (QED) is 0.470. The molecule has 190 valence electrons. The molecule has 1 amide bonds. The fourth-order valence-electron chi connectivity index (χ4n) is 4.51. The van der Waals surface area contributed by atoms with Gasteiger partial charge >= 0.3 is 6.09 Å². The summed E-state index contributed by atoms with van der Waals surface area (Å²) in [6.45, 7) is 7.22. The van der Waals surface area contributed by atoms with Crippen molar-refractivity contribution >= 4 is 49.6 Å². The molecule has 12 heteroatoms. The first kappa shape index (κ1) is 25.5. The molecule has 0 spiro atoms. The molecule has 2 unspecified atom stereocenters. The van der Waals surface area contributed by atoms with Crippen LogP contribution in [0.2, 0.25) is 5.02 Å². The highest BCUT2D eigenvalue weighted by molar-refractivity contribution is 7.85. The third-order valence-corrected chi connectivity index (χ3v) is 6.71. The number of benzene rings is 1. The van der Waals surface area contributed by atoms with Gasteiger partial charge in [-0.2, -0.15) is 8.42 Å². The number of amides is 1. The van der Waals surface area contributed by atoms with Crippen molar-refractivity contribution in [3.8, 4) is 0 Å². The minimum atomic E-state index is -3.69. The summed E-state index contributed by atoms with van der Waals surface area (Å²) in [7, 11) is -3.69. The zero-order chi connectivity index (χ0) is 25.7. The number of hydrogen-bond acceptors (Lipinski definition) is 8. The molecule has 0 radical (unpaired) electrons. The predicted molar refractivity (Wildman–Crippen MR) is 131 cm³/mol. The number of carbonyl (C=O) groups excluding carboxylic acids is 1. The number of ether oxygens (including phenoxy) is 1. The summed E-state index contributed by atoms with van der Waals surface area (Å²) in [6, 6.07) is 4.70. The summed E-state index contributed by atoms with van der Waals surface area (Å²) in [5, 5.41) is 5.35. The highest BCUT2D eigenvalue weighted by Crippen LogP contribution is 2.34. The van der Waals surface area contributed by atoms with E-state index in [0.29, 0.717) is 39.0 Å². The van der Waals surface area contributed by atoms with Crippen LogP contribution in [0, 0.1) is 12.8 Å². The molecule has 0 N–H and O–H groups in total. The van der Waals surface area contributed by atoms with E-state index in [1.165, 1.54) is 4.90 Å². The van der Waals surface area contributed by atoms with Crippen molar-refractivity contribution in [3.05, 3.63) is 39.3 Å². The van der Waals surface area contributed by atoms with Crippen LogP contribution in [0.1, 0.15) is 39.0 Å². The van der Waals surface area contributed by atoms with E-state index in [1.54, 1.807) is 50.5 Å². The summed E-state index contributed by atoms with van der Waals surface area (Å²) in [6.07, 6.45) is 0.817. The number of piperidine rings is 1. The molecule has 1 fully saturated rings. The van der Waals surface area contributed by atoms with Gasteiger partial charge in [-0.3, -0.25) is 8.98 Å². The first-order valence-electron chi connectivity index (χ1n) is 11.2. The number of rotatable bonds is 4. The number of fused-ring (bicyclic) bond motifs is 3. The zero-order valence-electron chi connectivity index (χ0n) is 20.2. The molecule has 35 heavy (non-hydrogen) atoms. The van der Waals surface area contributed by atoms with Crippen molar-refractivity contribution in [2.45, 2.75) is 45.8 Å². The largest absolute Gasteiger partial charge is 0.444 e. The van der Waals surface area contributed by atoms with Crippen LogP contribution >= 0.6 is 11.6 Å². The van der Waals surface area contributed by atoms with Gasteiger partial charge in [0.1, 0.15) is 22.3 Å². The molecule has 1 aromatic carbocycles. The van der Waals surface area contributed by atoms with E-state index < -0.39 is 27.9 Å². The lowest BCUT2D eigenvalue weighted by atomic mass is 9.94. The third-order valence-electron chi connectivity index (χ3n) is 5.83. The summed E-state index contributed by atoms with van der Waals surface area (Å²) in [5.41, 5.74) is -0.131. The smallest absolute Gasteiger partial charge is 0.410 e. The molecule has 2 atom stereocenters. The van der Waals surface area contributed by atoms with Crippen LogP contribution in [0.25, 0.3) is 21.8 Å². The molecular weight excluding hydrogens is 498 g/mol. The maximum absolute atomic E-state index is 13.7. The maximum atomic E-state index is 13.7. The van der Waals surface area contributed by atoms with Gasteiger partial charge in [0.25, 0.3) is 15.7 Å².